The molecule has 0 aromatic heterocycles. The van der Waals surface area contributed by atoms with Gasteiger partial charge in [0.2, 0.25) is 5.91 Å². The summed E-state index contributed by atoms with van der Waals surface area (Å²) in [7, 11) is 0. The molecule has 1 rings (SSSR count). The van der Waals surface area contributed by atoms with Crippen molar-refractivity contribution in [3.8, 4) is 0 Å². The first-order valence-electron chi connectivity index (χ1n) is 8.10. The fourth-order valence-corrected chi connectivity index (χ4v) is 2.64. The maximum absolute atomic E-state index is 12.0. The zero-order valence-electron chi connectivity index (χ0n) is 14.1. The summed E-state index contributed by atoms with van der Waals surface area (Å²) in [6.07, 6.45) is 3.68. The van der Waals surface area contributed by atoms with E-state index < -0.39 is 0 Å². The molecule has 0 bridgehead atoms. The Kier molecular flexibility index (Phi) is 9.04. The van der Waals surface area contributed by atoms with Gasteiger partial charge in [-0.1, -0.05) is 26.0 Å². The predicted octanol–water partition coefficient (Wildman–Crippen LogP) is 1.13. The Morgan fingerprint density at radius 1 is 1.41 bits per heavy atom. The highest BCUT2D eigenvalue weighted by atomic mass is 16.5. The quantitative estimate of drug-likeness (QED) is 0.615. The molecule has 0 spiro atoms. The van der Waals surface area contributed by atoms with Crippen LogP contribution in [0.1, 0.15) is 13.8 Å². The normalized spacial score (nSPS) is 19.4. The minimum Gasteiger partial charge on any atom is -0.374 e. The number of carbonyl (C=O) groups is 1. The van der Waals surface area contributed by atoms with E-state index >= 15 is 0 Å². The molecule has 22 heavy (non-hydrogen) atoms. The van der Waals surface area contributed by atoms with Crippen LogP contribution >= 0.6 is 0 Å². The second kappa shape index (κ2) is 10.5. The molecule has 0 radical (unpaired) electrons. The number of ether oxygens (including phenoxy) is 1. The van der Waals surface area contributed by atoms with Gasteiger partial charge in [0.15, 0.2) is 0 Å². The fraction of sp³-hybridized carbons (Fsp3) is 0.706. The molecule has 1 aliphatic rings. The van der Waals surface area contributed by atoms with Gasteiger partial charge in [0.1, 0.15) is 0 Å². The number of rotatable bonds is 10. The Labute approximate surface area is 135 Å². The van der Waals surface area contributed by atoms with Crippen LogP contribution < -0.4 is 5.32 Å². The largest absolute Gasteiger partial charge is 0.374 e. The van der Waals surface area contributed by atoms with Gasteiger partial charge < -0.3 is 10.1 Å². The summed E-state index contributed by atoms with van der Waals surface area (Å²) in [5.74, 6) is 0.674. The lowest BCUT2D eigenvalue weighted by Crippen LogP contribution is -2.49. The van der Waals surface area contributed by atoms with E-state index in [1.165, 1.54) is 0 Å². The predicted molar refractivity (Wildman–Crippen MR) is 90.9 cm³/mol. The van der Waals surface area contributed by atoms with E-state index in [-0.39, 0.29) is 12.0 Å². The maximum Gasteiger partial charge on any atom is 0.234 e. The van der Waals surface area contributed by atoms with Crippen molar-refractivity contribution in [3.63, 3.8) is 0 Å². The first kappa shape index (κ1) is 18.9. The molecule has 5 nitrogen and oxygen atoms in total. The second-order valence-electron chi connectivity index (χ2n) is 6.22. The highest BCUT2D eigenvalue weighted by Gasteiger charge is 2.21. The Morgan fingerprint density at radius 3 is 2.68 bits per heavy atom. The van der Waals surface area contributed by atoms with Gasteiger partial charge in [-0.25, -0.2) is 0 Å². The van der Waals surface area contributed by atoms with Crippen molar-refractivity contribution in [1.29, 1.82) is 0 Å². The van der Waals surface area contributed by atoms with Crippen LogP contribution in [0.3, 0.4) is 0 Å². The molecule has 1 unspecified atom stereocenters. The van der Waals surface area contributed by atoms with E-state index in [9.17, 15) is 4.79 Å². The molecular formula is C17H31N3O2. The van der Waals surface area contributed by atoms with E-state index in [0.29, 0.717) is 32.1 Å². The Hall–Kier alpha value is -1.17. The van der Waals surface area contributed by atoms with Crippen LogP contribution in [-0.4, -0.2) is 74.2 Å². The molecule has 1 saturated heterocycles. The van der Waals surface area contributed by atoms with Crippen molar-refractivity contribution >= 4 is 5.91 Å². The number of nitrogens with one attached hydrogen (secondary N) is 1. The van der Waals surface area contributed by atoms with Gasteiger partial charge in [-0.05, 0) is 5.92 Å². The number of nitrogens with zero attached hydrogens (tertiary/aromatic N) is 2. The molecule has 1 fully saturated rings. The molecule has 126 valence electrons. The Balaban J connectivity index is 2.30. The molecule has 0 saturated carbocycles. The lowest BCUT2D eigenvalue weighted by molar-refractivity contribution is -0.123. The Morgan fingerprint density at radius 2 is 2.09 bits per heavy atom. The maximum atomic E-state index is 12.0. The lowest BCUT2D eigenvalue weighted by Gasteiger charge is -2.34. The number of carbonyl (C=O) groups excluding carboxylic acids is 1. The van der Waals surface area contributed by atoms with E-state index in [1.807, 2.05) is 4.90 Å². The van der Waals surface area contributed by atoms with Gasteiger partial charge in [0, 0.05) is 39.3 Å². The first-order valence-corrected chi connectivity index (χ1v) is 8.10. The molecule has 1 atom stereocenters. The molecule has 1 aliphatic heterocycles. The lowest BCUT2D eigenvalue weighted by atomic mass is 10.2. The average molecular weight is 309 g/mol. The SMILES string of the molecule is C=CCN(CC=C)CC(=O)NCC1CN(CC(C)C)CCO1. The third-order valence-electron chi connectivity index (χ3n) is 3.51. The highest BCUT2D eigenvalue weighted by Crippen LogP contribution is 2.07. The molecule has 1 amide bonds. The standard InChI is InChI=1S/C17H31N3O2/c1-5-7-19(8-6-2)14-17(21)18-11-16-13-20(9-10-22-16)12-15(3)4/h5-6,15-16H,1-2,7-14H2,3-4H3,(H,18,21). The van der Waals surface area contributed by atoms with E-state index in [1.54, 1.807) is 12.2 Å². The minimum absolute atomic E-state index is 0.0216. The van der Waals surface area contributed by atoms with Gasteiger partial charge in [-0.3, -0.25) is 14.6 Å². The topological polar surface area (TPSA) is 44.8 Å². The molecule has 0 aromatic carbocycles. The molecular weight excluding hydrogens is 278 g/mol. The molecule has 0 aromatic rings. The Bertz CT molecular complexity index is 348. The monoisotopic (exact) mass is 309 g/mol. The van der Waals surface area contributed by atoms with E-state index in [0.717, 1.165) is 26.2 Å². The zero-order chi connectivity index (χ0) is 16.4. The van der Waals surface area contributed by atoms with Crippen LogP contribution in [-0.2, 0) is 9.53 Å². The van der Waals surface area contributed by atoms with E-state index in [4.69, 9.17) is 4.74 Å². The van der Waals surface area contributed by atoms with Crippen LogP contribution in [0, 0.1) is 5.92 Å². The van der Waals surface area contributed by atoms with Crippen molar-refractivity contribution in [3.05, 3.63) is 25.3 Å². The third kappa shape index (κ3) is 7.73. The number of hydrogen-bond donors (Lipinski definition) is 1. The second-order valence-corrected chi connectivity index (χ2v) is 6.22. The van der Waals surface area contributed by atoms with Gasteiger partial charge >= 0.3 is 0 Å². The van der Waals surface area contributed by atoms with Crippen molar-refractivity contribution in [2.24, 2.45) is 5.92 Å². The van der Waals surface area contributed by atoms with Gasteiger partial charge in [0.05, 0.1) is 19.3 Å². The van der Waals surface area contributed by atoms with Gasteiger partial charge in [-0.2, -0.15) is 0 Å². The van der Waals surface area contributed by atoms with Crippen LogP contribution in [0.15, 0.2) is 25.3 Å². The van der Waals surface area contributed by atoms with Gasteiger partial charge in [0.25, 0.3) is 0 Å². The smallest absolute Gasteiger partial charge is 0.234 e. The van der Waals surface area contributed by atoms with Gasteiger partial charge in [-0.15, -0.1) is 13.2 Å². The average Bonchev–Trinajstić information content (AvgIpc) is 2.45. The van der Waals surface area contributed by atoms with Crippen molar-refractivity contribution in [2.45, 2.75) is 20.0 Å². The van der Waals surface area contributed by atoms with Crippen molar-refractivity contribution in [2.75, 3.05) is 52.4 Å². The molecule has 1 heterocycles. The molecule has 5 heteroatoms. The third-order valence-corrected chi connectivity index (χ3v) is 3.51. The van der Waals surface area contributed by atoms with Crippen LogP contribution in [0.5, 0.6) is 0 Å². The molecule has 0 aliphatic carbocycles. The summed E-state index contributed by atoms with van der Waals surface area (Å²) < 4.78 is 5.74. The summed E-state index contributed by atoms with van der Waals surface area (Å²) >= 11 is 0. The zero-order valence-corrected chi connectivity index (χ0v) is 14.1. The first-order chi connectivity index (χ1) is 10.5. The summed E-state index contributed by atoms with van der Waals surface area (Å²) in [5, 5.41) is 2.97. The number of morpholine rings is 1. The summed E-state index contributed by atoms with van der Waals surface area (Å²) in [4.78, 5) is 16.4. The van der Waals surface area contributed by atoms with Crippen molar-refractivity contribution < 1.29 is 9.53 Å². The summed E-state index contributed by atoms with van der Waals surface area (Å²) in [6, 6.07) is 0. The van der Waals surface area contributed by atoms with Crippen molar-refractivity contribution in [1.82, 2.24) is 15.1 Å². The number of amides is 1. The summed E-state index contributed by atoms with van der Waals surface area (Å²) in [5.41, 5.74) is 0. The highest BCUT2D eigenvalue weighted by molar-refractivity contribution is 5.78. The number of hydrogen-bond acceptors (Lipinski definition) is 4. The van der Waals surface area contributed by atoms with Crippen LogP contribution in [0.4, 0.5) is 0 Å². The van der Waals surface area contributed by atoms with Crippen LogP contribution in [0.2, 0.25) is 0 Å². The minimum atomic E-state index is 0.0216. The van der Waals surface area contributed by atoms with E-state index in [2.05, 4.69) is 37.2 Å². The summed E-state index contributed by atoms with van der Waals surface area (Å²) in [6.45, 7) is 17.9. The fourth-order valence-electron chi connectivity index (χ4n) is 2.64. The van der Waals surface area contributed by atoms with Crippen LogP contribution in [0.25, 0.3) is 0 Å². The molecule has 1 N–H and O–H groups in total.